The van der Waals surface area contributed by atoms with Crippen LogP contribution in [-0.2, 0) is 0 Å². The Kier molecular flexibility index (Phi) is 0.959. The molecule has 0 nitrogen and oxygen atoms in total. The van der Waals surface area contributed by atoms with E-state index in [1.54, 1.807) is 19.3 Å². The van der Waals surface area contributed by atoms with Crippen LogP contribution in [0.15, 0.2) is 0 Å². The van der Waals surface area contributed by atoms with Gasteiger partial charge in [0.05, 0.1) is 0 Å². The maximum absolute atomic E-state index is 2.68. The molecule has 8 fully saturated rings. The first kappa shape index (κ1) is 9.11. The van der Waals surface area contributed by atoms with E-state index in [1.807, 2.05) is 0 Å². The average Bonchev–Trinajstić information content (AvgIpc) is 2.70. The normalized spacial score (nSPS) is 92.5. The van der Waals surface area contributed by atoms with Crippen LogP contribution < -0.4 is 0 Å². The standard InChI is InChI=1S/C19H24/c1-6-8-3-12-16-7(2)9-4-10-14(6)15(8)11-5-13-17(9)19(10,16)18(11,12)13/h6-17H,3-5H2,1-2H3. The highest BCUT2D eigenvalue weighted by atomic mass is 15.1. The molecular weight excluding hydrogens is 228 g/mol. The second kappa shape index (κ2) is 2.00. The summed E-state index contributed by atoms with van der Waals surface area (Å²) < 4.78 is 0. The van der Waals surface area contributed by atoms with Crippen molar-refractivity contribution in [3.63, 3.8) is 0 Å². The van der Waals surface area contributed by atoms with Gasteiger partial charge in [-0.3, -0.25) is 0 Å². The summed E-state index contributed by atoms with van der Waals surface area (Å²) in [6, 6.07) is 0. The third-order valence-electron chi connectivity index (χ3n) is 11.6. The van der Waals surface area contributed by atoms with Gasteiger partial charge < -0.3 is 0 Å². The summed E-state index contributed by atoms with van der Waals surface area (Å²) in [6.45, 7) is 5.33. The maximum atomic E-state index is 2.68. The van der Waals surface area contributed by atoms with Gasteiger partial charge in [0.25, 0.3) is 0 Å². The van der Waals surface area contributed by atoms with Crippen molar-refractivity contribution in [2.45, 2.75) is 33.1 Å². The van der Waals surface area contributed by atoms with E-state index < -0.39 is 0 Å². The molecule has 0 aromatic rings. The molecule has 19 heavy (non-hydrogen) atoms. The lowest BCUT2D eigenvalue weighted by Gasteiger charge is -2.97. The molecule has 100 valence electrons. The smallest absolute Gasteiger partial charge is 0.0134 e. The van der Waals surface area contributed by atoms with Gasteiger partial charge >= 0.3 is 0 Å². The summed E-state index contributed by atoms with van der Waals surface area (Å²) in [6.07, 6.45) is 5.09. The molecule has 0 heteroatoms. The highest BCUT2D eigenvalue weighted by Crippen LogP contribution is 3.06. The quantitative estimate of drug-likeness (QED) is 0.617. The predicted molar refractivity (Wildman–Crippen MR) is 71.9 cm³/mol. The third kappa shape index (κ3) is 0.452. The molecule has 8 saturated carbocycles. The Labute approximate surface area is 115 Å². The molecule has 0 heterocycles. The minimum atomic E-state index is 0.982. The Morgan fingerprint density at radius 1 is 0.632 bits per heavy atom. The highest BCUT2D eigenvalue weighted by Gasteiger charge is 3.02. The number of rotatable bonds is 0. The number of fused-ring (bicyclic) bond motifs is 2. The first-order valence-corrected chi connectivity index (χ1v) is 9.25. The van der Waals surface area contributed by atoms with Crippen LogP contribution in [0.25, 0.3) is 0 Å². The SMILES string of the molecule is CC1C2CC3C4C(C)C5CC6C1C2C1CC2C5C64C132. The Hall–Kier alpha value is 0. The molecule has 0 aliphatic heterocycles. The first-order valence-electron chi connectivity index (χ1n) is 9.25. The second-order valence-corrected chi connectivity index (χ2v) is 10.3. The van der Waals surface area contributed by atoms with Crippen molar-refractivity contribution in [3.8, 4) is 0 Å². The molecule has 8 aliphatic rings. The van der Waals surface area contributed by atoms with Crippen LogP contribution in [0.1, 0.15) is 33.1 Å². The van der Waals surface area contributed by atoms with Gasteiger partial charge in [0.2, 0.25) is 0 Å². The van der Waals surface area contributed by atoms with Crippen molar-refractivity contribution in [1.82, 2.24) is 0 Å². The van der Waals surface area contributed by atoms with Gasteiger partial charge in [-0.2, -0.15) is 0 Å². The van der Waals surface area contributed by atoms with E-state index in [4.69, 9.17) is 0 Å². The summed E-state index contributed by atoms with van der Waals surface area (Å²) in [5.41, 5.74) is 1.99. The zero-order chi connectivity index (χ0) is 12.0. The molecule has 8 rings (SSSR count). The molecule has 0 aromatic carbocycles. The topological polar surface area (TPSA) is 0 Å². The highest BCUT2D eigenvalue weighted by molar-refractivity contribution is 5.48. The molecule has 14 unspecified atom stereocenters. The van der Waals surface area contributed by atoms with Gasteiger partial charge in [0.1, 0.15) is 0 Å². The van der Waals surface area contributed by atoms with Crippen LogP contribution in [0.5, 0.6) is 0 Å². The number of hydrogen-bond donors (Lipinski definition) is 0. The zero-order valence-electron chi connectivity index (χ0n) is 12.0. The molecule has 0 radical (unpaired) electrons. The maximum Gasteiger partial charge on any atom is -0.0134 e. The lowest BCUT2D eigenvalue weighted by molar-refractivity contribution is -0.510. The van der Waals surface area contributed by atoms with E-state index in [0.717, 1.165) is 22.7 Å². The Balaban J connectivity index is 1.51. The van der Waals surface area contributed by atoms with Crippen molar-refractivity contribution < 1.29 is 0 Å². The molecule has 2 spiro atoms. The Bertz CT molecular complexity index is 579. The van der Waals surface area contributed by atoms with E-state index in [9.17, 15) is 0 Å². The molecule has 8 aliphatic carbocycles. The summed E-state index contributed by atoms with van der Waals surface area (Å²) in [7, 11) is 0. The molecule has 0 aromatic heterocycles. The van der Waals surface area contributed by atoms with E-state index in [0.29, 0.717) is 0 Å². The predicted octanol–water partition coefficient (Wildman–Crippen LogP) is 3.67. The lowest BCUT2D eigenvalue weighted by atomic mass is 9.06. The lowest BCUT2D eigenvalue weighted by Crippen LogP contribution is -2.94. The molecule has 4 bridgehead atoms. The van der Waals surface area contributed by atoms with Crippen molar-refractivity contribution in [2.75, 3.05) is 0 Å². The average molecular weight is 252 g/mol. The van der Waals surface area contributed by atoms with Gasteiger partial charge in [0, 0.05) is 0 Å². The Morgan fingerprint density at radius 3 is 2.26 bits per heavy atom. The third-order valence-corrected chi connectivity index (χ3v) is 11.6. The van der Waals surface area contributed by atoms with E-state index in [2.05, 4.69) is 13.8 Å². The van der Waals surface area contributed by atoms with Crippen LogP contribution in [0.3, 0.4) is 0 Å². The molecule has 0 amide bonds. The fourth-order valence-corrected chi connectivity index (χ4v) is 12.3. The largest absolute Gasteiger partial charge is 0.0619 e. The van der Waals surface area contributed by atoms with Gasteiger partial charge in [-0.05, 0) is 101 Å². The summed E-state index contributed by atoms with van der Waals surface area (Å²) >= 11 is 0. The van der Waals surface area contributed by atoms with Crippen molar-refractivity contribution in [3.05, 3.63) is 0 Å². The van der Waals surface area contributed by atoms with Crippen molar-refractivity contribution in [1.29, 1.82) is 0 Å². The first-order chi connectivity index (χ1) is 9.25. The van der Waals surface area contributed by atoms with Crippen molar-refractivity contribution >= 4 is 0 Å². The van der Waals surface area contributed by atoms with Crippen LogP contribution in [0.4, 0.5) is 0 Å². The van der Waals surface area contributed by atoms with E-state index >= 15 is 0 Å². The van der Waals surface area contributed by atoms with Gasteiger partial charge in [-0.1, -0.05) is 13.8 Å². The molecule has 0 N–H and O–H groups in total. The van der Waals surface area contributed by atoms with E-state index in [1.165, 1.54) is 59.2 Å². The van der Waals surface area contributed by atoms with Crippen LogP contribution in [0, 0.1) is 81.8 Å². The molecular formula is C19H24. The number of hydrogen-bond acceptors (Lipinski definition) is 0. The van der Waals surface area contributed by atoms with Gasteiger partial charge in [-0.15, -0.1) is 0 Å². The minimum absolute atomic E-state index is 0.982. The Morgan fingerprint density at radius 2 is 1.37 bits per heavy atom. The molecule has 0 saturated heterocycles. The van der Waals surface area contributed by atoms with Gasteiger partial charge in [0.15, 0.2) is 0 Å². The summed E-state index contributed by atoms with van der Waals surface area (Å²) in [5.74, 6) is 14.6. The monoisotopic (exact) mass is 252 g/mol. The fraction of sp³-hybridized carbons (Fsp3) is 1.00. The van der Waals surface area contributed by atoms with Crippen LogP contribution in [-0.4, -0.2) is 0 Å². The van der Waals surface area contributed by atoms with Crippen LogP contribution in [0.2, 0.25) is 0 Å². The second-order valence-electron chi connectivity index (χ2n) is 10.3. The minimum Gasteiger partial charge on any atom is -0.0619 e. The summed E-state index contributed by atoms with van der Waals surface area (Å²) in [4.78, 5) is 0. The fourth-order valence-electron chi connectivity index (χ4n) is 12.3. The van der Waals surface area contributed by atoms with Crippen LogP contribution >= 0.6 is 0 Å². The van der Waals surface area contributed by atoms with Crippen molar-refractivity contribution in [2.24, 2.45) is 81.8 Å². The van der Waals surface area contributed by atoms with Gasteiger partial charge in [-0.25, -0.2) is 0 Å². The van der Waals surface area contributed by atoms with E-state index in [-0.39, 0.29) is 0 Å². The summed E-state index contributed by atoms with van der Waals surface area (Å²) in [5, 5.41) is 0. The molecule has 14 atom stereocenters. The zero-order valence-corrected chi connectivity index (χ0v) is 12.0.